The van der Waals surface area contributed by atoms with Crippen LogP contribution in [-0.2, 0) is 13.0 Å². The molecule has 1 atom stereocenters. The molecule has 1 saturated heterocycles. The lowest BCUT2D eigenvalue weighted by atomic mass is 9.97. The van der Waals surface area contributed by atoms with E-state index in [0.717, 1.165) is 12.2 Å². The lowest BCUT2D eigenvalue weighted by Gasteiger charge is -2.38. The molecular formula is C12H22N4O. The third-order valence-electron chi connectivity index (χ3n) is 3.44. The molecule has 5 heteroatoms. The van der Waals surface area contributed by atoms with Gasteiger partial charge in [-0.25, -0.2) is 0 Å². The number of rotatable bonds is 4. The molecule has 0 radical (unpaired) electrons. The van der Waals surface area contributed by atoms with Crippen molar-refractivity contribution in [2.45, 2.75) is 58.2 Å². The Kier molecular flexibility index (Phi) is 4.12. The van der Waals surface area contributed by atoms with Gasteiger partial charge in [-0.2, -0.15) is 4.98 Å². The van der Waals surface area contributed by atoms with E-state index in [-0.39, 0.29) is 0 Å². The van der Waals surface area contributed by atoms with Crippen molar-refractivity contribution in [1.82, 2.24) is 15.0 Å². The fourth-order valence-electron chi connectivity index (χ4n) is 2.59. The largest absolute Gasteiger partial charge is 0.338 e. The summed E-state index contributed by atoms with van der Waals surface area (Å²) in [5.41, 5.74) is 5.47. The van der Waals surface area contributed by atoms with Gasteiger partial charge in [0, 0.05) is 18.5 Å². The second-order valence-corrected chi connectivity index (χ2v) is 4.99. The Balaban J connectivity index is 2.00. The molecule has 0 bridgehead atoms. The fourth-order valence-corrected chi connectivity index (χ4v) is 2.59. The van der Waals surface area contributed by atoms with Crippen LogP contribution in [0.1, 0.15) is 44.8 Å². The Morgan fingerprint density at radius 3 is 2.94 bits per heavy atom. The Hall–Kier alpha value is -0.940. The van der Waals surface area contributed by atoms with E-state index in [9.17, 15) is 0 Å². The first kappa shape index (κ1) is 12.5. The number of hydrogen-bond acceptors (Lipinski definition) is 5. The molecule has 0 amide bonds. The minimum Gasteiger partial charge on any atom is -0.338 e. The zero-order valence-corrected chi connectivity index (χ0v) is 10.7. The molecule has 1 aliphatic rings. The average molecular weight is 238 g/mol. The highest BCUT2D eigenvalue weighted by molar-refractivity contribution is 4.92. The van der Waals surface area contributed by atoms with E-state index in [4.69, 9.17) is 10.3 Å². The van der Waals surface area contributed by atoms with Crippen molar-refractivity contribution >= 4 is 0 Å². The normalized spacial score (nSPS) is 22.2. The van der Waals surface area contributed by atoms with Crippen LogP contribution in [0.15, 0.2) is 4.52 Å². The molecule has 0 aromatic carbocycles. The molecule has 2 rings (SSSR count). The van der Waals surface area contributed by atoms with Crippen molar-refractivity contribution in [3.8, 4) is 0 Å². The fraction of sp³-hybridized carbons (Fsp3) is 0.833. The van der Waals surface area contributed by atoms with Gasteiger partial charge in [0.25, 0.3) is 0 Å². The van der Waals surface area contributed by atoms with E-state index >= 15 is 0 Å². The van der Waals surface area contributed by atoms with E-state index < -0.39 is 0 Å². The van der Waals surface area contributed by atoms with Gasteiger partial charge >= 0.3 is 0 Å². The standard InChI is InChI=1S/C12H22N4O/c1-9(2)16-6-4-3-5-10(16)7-11-14-12(8-13)17-15-11/h9-10H,3-8,13H2,1-2H3. The molecule has 2 heterocycles. The molecule has 0 spiro atoms. The molecule has 1 unspecified atom stereocenters. The van der Waals surface area contributed by atoms with Gasteiger partial charge in [0.2, 0.25) is 5.89 Å². The Morgan fingerprint density at radius 2 is 2.29 bits per heavy atom. The summed E-state index contributed by atoms with van der Waals surface area (Å²) in [6.45, 7) is 6.01. The van der Waals surface area contributed by atoms with E-state index in [0.29, 0.717) is 24.5 Å². The van der Waals surface area contributed by atoms with E-state index in [1.165, 1.54) is 25.8 Å². The highest BCUT2D eigenvalue weighted by atomic mass is 16.5. The van der Waals surface area contributed by atoms with Crippen molar-refractivity contribution < 1.29 is 4.52 Å². The molecule has 0 saturated carbocycles. The van der Waals surface area contributed by atoms with Gasteiger partial charge in [-0.3, -0.25) is 4.90 Å². The van der Waals surface area contributed by atoms with Crippen LogP contribution in [0, 0.1) is 0 Å². The predicted molar refractivity (Wildman–Crippen MR) is 65.4 cm³/mol. The number of piperidine rings is 1. The van der Waals surface area contributed by atoms with E-state index in [2.05, 4.69) is 28.9 Å². The molecule has 17 heavy (non-hydrogen) atoms. The summed E-state index contributed by atoms with van der Waals surface area (Å²) in [5, 5.41) is 3.98. The smallest absolute Gasteiger partial charge is 0.240 e. The van der Waals surface area contributed by atoms with Crippen molar-refractivity contribution in [1.29, 1.82) is 0 Å². The Labute approximate surface area is 102 Å². The number of hydrogen-bond donors (Lipinski definition) is 1. The average Bonchev–Trinajstić information content (AvgIpc) is 2.77. The minimum absolute atomic E-state index is 0.325. The Morgan fingerprint density at radius 1 is 1.47 bits per heavy atom. The van der Waals surface area contributed by atoms with E-state index in [1.54, 1.807) is 0 Å². The second-order valence-electron chi connectivity index (χ2n) is 4.99. The molecule has 96 valence electrons. The molecule has 5 nitrogen and oxygen atoms in total. The maximum absolute atomic E-state index is 5.47. The number of nitrogens with zero attached hydrogens (tertiary/aromatic N) is 3. The summed E-state index contributed by atoms with van der Waals surface area (Å²) in [6, 6.07) is 1.13. The van der Waals surface area contributed by atoms with E-state index in [1.807, 2.05) is 0 Å². The molecule has 1 aromatic heterocycles. The van der Waals surface area contributed by atoms with Crippen LogP contribution in [0.2, 0.25) is 0 Å². The van der Waals surface area contributed by atoms with Crippen LogP contribution < -0.4 is 5.73 Å². The summed E-state index contributed by atoms with van der Waals surface area (Å²) in [4.78, 5) is 6.83. The van der Waals surface area contributed by atoms with Gasteiger partial charge in [0.15, 0.2) is 5.82 Å². The summed E-state index contributed by atoms with van der Waals surface area (Å²) in [7, 11) is 0. The summed E-state index contributed by atoms with van der Waals surface area (Å²) in [6.07, 6.45) is 4.71. The van der Waals surface area contributed by atoms with Gasteiger partial charge in [0.05, 0.1) is 6.54 Å². The highest BCUT2D eigenvalue weighted by Crippen LogP contribution is 2.21. The number of likely N-dealkylation sites (tertiary alicyclic amines) is 1. The van der Waals surface area contributed by atoms with Crippen LogP contribution in [0.3, 0.4) is 0 Å². The lowest BCUT2D eigenvalue weighted by Crippen LogP contribution is -2.45. The van der Waals surface area contributed by atoms with Gasteiger partial charge in [0.1, 0.15) is 0 Å². The van der Waals surface area contributed by atoms with Crippen molar-refractivity contribution in [2.75, 3.05) is 6.54 Å². The monoisotopic (exact) mass is 238 g/mol. The highest BCUT2D eigenvalue weighted by Gasteiger charge is 2.26. The van der Waals surface area contributed by atoms with Crippen LogP contribution in [0.5, 0.6) is 0 Å². The summed E-state index contributed by atoms with van der Waals surface area (Å²) in [5.74, 6) is 1.33. The van der Waals surface area contributed by atoms with Crippen molar-refractivity contribution in [3.05, 3.63) is 11.7 Å². The van der Waals surface area contributed by atoms with Gasteiger partial charge in [-0.1, -0.05) is 11.6 Å². The molecule has 1 aromatic rings. The van der Waals surface area contributed by atoms with Crippen molar-refractivity contribution in [3.63, 3.8) is 0 Å². The second kappa shape index (κ2) is 5.60. The summed E-state index contributed by atoms with van der Waals surface area (Å²) >= 11 is 0. The predicted octanol–water partition coefficient (Wildman–Crippen LogP) is 1.33. The first-order chi connectivity index (χ1) is 8.20. The third-order valence-corrected chi connectivity index (χ3v) is 3.44. The van der Waals surface area contributed by atoms with Crippen LogP contribution in [-0.4, -0.2) is 33.7 Å². The lowest BCUT2D eigenvalue weighted by molar-refractivity contribution is 0.110. The molecule has 1 aliphatic heterocycles. The number of aromatic nitrogens is 2. The van der Waals surface area contributed by atoms with Gasteiger partial charge < -0.3 is 10.3 Å². The summed E-state index contributed by atoms with van der Waals surface area (Å²) < 4.78 is 5.05. The zero-order valence-electron chi connectivity index (χ0n) is 10.7. The molecule has 0 aliphatic carbocycles. The first-order valence-corrected chi connectivity index (χ1v) is 6.48. The maximum atomic E-state index is 5.47. The third kappa shape index (κ3) is 3.04. The topological polar surface area (TPSA) is 68.2 Å². The zero-order chi connectivity index (χ0) is 12.3. The number of nitrogens with two attached hydrogens (primary N) is 1. The van der Waals surface area contributed by atoms with Crippen LogP contribution in [0.25, 0.3) is 0 Å². The van der Waals surface area contributed by atoms with Crippen LogP contribution >= 0.6 is 0 Å². The maximum Gasteiger partial charge on any atom is 0.240 e. The Bertz CT molecular complexity index is 350. The molecule has 2 N–H and O–H groups in total. The minimum atomic E-state index is 0.325. The molecular weight excluding hydrogens is 216 g/mol. The van der Waals surface area contributed by atoms with Crippen LogP contribution in [0.4, 0.5) is 0 Å². The molecule has 1 fully saturated rings. The quantitative estimate of drug-likeness (QED) is 0.857. The van der Waals surface area contributed by atoms with Gasteiger partial charge in [-0.05, 0) is 33.2 Å². The van der Waals surface area contributed by atoms with Gasteiger partial charge in [-0.15, -0.1) is 0 Å². The van der Waals surface area contributed by atoms with Crippen molar-refractivity contribution in [2.24, 2.45) is 5.73 Å². The SMILES string of the molecule is CC(C)N1CCCCC1Cc1noc(CN)n1. The first-order valence-electron chi connectivity index (χ1n) is 6.48.